The fraction of sp³-hybridized carbons (Fsp3) is 0.0769. The summed E-state index contributed by atoms with van der Waals surface area (Å²) in [7, 11) is 0. The van der Waals surface area contributed by atoms with Crippen LogP contribution in [0, 0.1) is 0 Å². The standard InChI is InChI=1S/C13H8BrF3N2O2/c14-7-1-2-10(9(5-7)13(15,16)17)19-12(21)8-3-4-18-6-11(8)20/h1-6,20H,(H,19,21). The molecule has 0 unspecified atom stereocenters. The maximum atomic E-state index is 12.9. The van der Waals surface area contributed by atoms with Crippen LogP contribution in [0.5, 0.6) is 5.75 Å². The van der Waals surface area contributed by atoms with Crippen LogP contribution in [0.1, 0.15) is 15.9 Å². The zero-order chi connectivity index (χ0) is 15.6. The molecule has 21 heavy (non-hydrogen) atoms. The minimum Gasteiger partial charge on any atom is -0.505 e. The van der Waals surface area contributed by atoms with Gasteiger partial charge in [-0.2, -0.15) is 13.2 Å². The molecule has 0 saturated heterocycles. The van der Waals surface area contributed by atoms with E-state index in [2.05, 4.69) is 26.2 Å². The molecule has 2 N–H and O–H groups in total. The zero-order valence-electron chi connectivity index (χ0n) is 10.3. The Hall–Kier alpha value is -2.09. The van der Waals surface area contributed by atoms with Crippen molar-refractivity contribution in [3.63, 3.8) is 0 Å². The Labute approximate surface area is 125 Å². The molecule has 0 bridgehead atoms. The summed E-state index contributed by atoms with van der Waals surface area (Å²) < 4.78 is 39.0. The van der Waals surface area contributed by atoms with E-state index >= 15 is 0 Å². The molecule has 0 atom stereocenters. The molecule has 1 amide bonds. The second-order valence-corrected chi connectivity index (χ2v) is 4.95. The van der Waals surface area contributed by atoms with Gasteiger partial charge in [-0.3, -0.25) is 9.78 Å². The molecule has 1 aromatic heterocycles. The van der Waals surface area contributed by atoms with Crippen LogP contribution in [0.2, 0.25) is 0 Å². The van der Waals surface area contributed by atoms with Gasteiger partial charge in [0.1, 0.15) is 5.75 Å². The third-order valence-electron chi connectivity index (χ3n) is 2.58. The van der Waals surface area contributed by atoms with Crippen molar-refractivity contribution < 1.29 is 23.1 Å². The van der Waals surface area contributed by atoms with E-state index in [1.165, 1.54) is 18.3 Å². The number of pyridine rings is 1. The molecule has 4 nitrogen and oxygen atoms in total. The van der Waals surface area contributed by atoms with Gasteiger partial charge in [0.05, 0.1) is 23.0 Å². The van der Waals surface area contributed by atoms with Crippen LogP contribution in [0.4, 0.5) is 18.9 Å². The lowest BCUT2D eigenvalue weighted by molar-refractivity contribution is -0.136. The topological polar surface area (TPSA) is 62.2 Å². The average molecular weight is 361 g/mol. The van der Waals surface area contributed by atoms with Crippen molar-refractivity contribution in [2.45, 2.75) is 6.18 Å². The number of carbonyl (C=O) groups excluding carboxylic acids is 1. The molecule has 0 aliphatic heterocycles. The van der Waals surface area contributed by atoms with Gasteiger partial charge in [-0.05, 0) is 24.3 Å². The highest BCUT2D eigenvalue weighted by Crippen LogP contribution is 2.36. The highest BCUT2D eigenvalue weighted by molar-refractivity contribution is 9.10. The van der Waals surface area contributed by atoms with Crippen LogP contribution >= 0.6 is 15.9 Å². The van der Waals surface area contributed by atoms with Crippen LogP contribution in [0.3, 0.4) is 0 Å². The number of aromatic hydroxyl groups is 1. The Bertz CT molecular complexity index is 689. The van der Waals surface area contributed by atoms with Crippen molar-refractivity contribution in [3.8, 4) is 5.75 Å². The summed E-state index contributed by atoms with van der Waals surface area (Å²) >= 11 is 2.95. The molecule has 8 heteroatoms. The fourth-order valence-corrected chi connectivity index (χ4v) is 1.99. The number of halogens is 4. The van der Waals surface area contributed by atoms with E-state index in [0.717, 1.165) is 18.3 Å². The molecular formula is C13H8BrF3N2O2. The number of hydrogen-bond acceptors (Lipinski definition) is 3. The lowest BCUT2D eigenvalue weighted by Crippen LogP contribution is -2.17. The minimum absolute atomic E-state index is 0.166. The van der Waals surface area contributed by atoms with E-state index in [1.807, 2.05) is 0 Å². The van der Waals surface area contributed by atoms with Gasteiger partial charge in [-0.1, -0.05) is 15.9 Å². The van der Waals surface area contributed by atoms with Gasteiger partial charge in [-0.25, -0.2) is 0 Å². The van der Waals surface area contributed by atoms with Crippen molar-refractivity contribution in [2.75, 3.05) is 5.32 Å². The predicted molar refractivity (Wildman–Crippen MR) is 73.0 cm³/mol. The molecule has 0 radical (unpaired) electrons. The predicted octanol–water partition coefficient (Wildman–Crippen LogP) is 3.82. The molecular weight excluding hydrogens is 353 g/mol. The Kier molecular flexibility index (Phi) is 4.17. The Morgan fingerprint density at radius 2 is 2.00 bits per heavy atom. The normalized spacial score (nSPS) is 11.2. The summed E-state index contributed by atoms with van der Waals surface area (Å²) in [5, 5.41) is 11.6. The first-order valence-electron chi connectivity index (χ1n) is 5.60. The second kappa shape index (κ2) is 5.72. The number of carbonyl (C=O) groups is 1. The number of benzene rings is 1. The Morgan fingerprint density at radius 3 is 2.62 bits per heavy atom. The molecule has 110 valence electrons. The molecule has 1 heterocycles. The quantitative estimate of drug-likeness (QED) is 0.855. The van der Waals surface area contributed by atoms with Gasteiger partial charge in [0.15, 0.2) is 0 Å². The lowest BCUT2D eigenvalue weighted by Gasteiger charge is -2.14. The van der Waals surface area contributed by atoms with Crippen molar-refractivity contribution >= 4 is 27.5 Å². The molecule has 0 aliphatic carbocycles. The highest BCUT2D eigenvalue weighted by atomic mass is 79.9. The van der Waals surface area contributed by atoms with E-state index in [1.54, 1.807) is 0 Å². The minimum atomic E-state index is -4.62. The van der Waals surface area contributed by atoms with Crippen molar-refractivity contribution in [1.82, 2.24) is 4.98 Å². The maximum Gasteiger partial charge on any atom is 0.418 e. The number of aromatic nitrogens is 1. The molecule has 0 fully saturated rings. The van der Waals surface area contributed by atoms with Crippen LogP contribution in [-0.4, -0.2) is 16.0 Å². The van der Waals surface area contributed by atoms with Gasteiger partial charge >= 0.3 is 6.18 Å². The largest absolute Gasteiger partial charge is 0.505 e. The number of hydrogen-bond donors (Lipinski definition) is 2. The van der Waals surface area contributed by atoms with E-state index in [-0.39, 0.29) is 10.0 Å². The van der Waals surface area contributed by atoms with E-state index in [0.29, 0.717) is 0 Å². The lowest BCUT2D eigenvalue weighted by atomic mass is 10.1. The summed E-state index contributed by atoms with van der Waals surface area (Å²) in [5.41, 5.74) is -1.55. The summed E-state index contributed by atoms with van der Waals surface area (Å²) in [6.45, 7) is 0. The van der Waals surface area contributed by atoms with Crippen molar-refractivity contribution in [3.05, 3.63) is 52.3 Å². The van der Waals surface area contributed by atoms with E-state index < -0.39 is 29.1 Å². The van der Waals surface area contributed by atoms with Crippen LogP contribution < -0.4 is 5.32 Å². The first-order valence-corrected chi connectivity index (χ1v) is 6.39. The average Bonchev–Trinajstić information content (AvgIpc) is 2.40. The Balaban J connectivity index is 2.36. The molecule has 0 spiro atoms. The van der Waals surface area contributed by atoms with Crippen molar-refractivity contribution in [2.24, 2.45) is 0 Å². The molecule has 0 aliphatic rings. The monoisotopic (exact) mass is 360 g/mol. The zero-order valence-corrected chi connectivity index (χ0v) is 11.9. The van der Waals surface area contributed by atoms with Gasteiger partial charge in [0.25, 0.3) is 5.91 Å². The first-order chi connectivity index (χ1) is 9.79. The number of alkyl halides is 3. The molecule has 0 saturated carbocycles. The molecule has 2 rings (SSSR count). The number of rotatable bonds is 2. The van der Waals surface area contributed by atoms with Crippen LogP contribution in [0.15, 0.2) is 41.1 Å². The summed E-state index contributed by atoms with van der Waals surface area (Å²) in [6, 6.07) is 4.57. The summed E-state index contributed by atoms with van der Waals surface area (Å²) in [4.78, 5) is 15.5. The van der Waals surface area contributed by atoms with Gasteiger partial charge in [-0.15, -0.1) is 0 Å². The molecule has 1 aromatic carbocycles. The summed E-state index contributed by atoms with van der Waals surface area (Å²) in [6.07, 6.45) is -2.34. The smallest absolute Gasteiger partial charge is 0.418 e. The number of amides is 1. The van der Waals surface area contributed by atoms with Gasteiger partial charge in [0.2, 0.25) is 0 Å². The van der Waals surface area contributed by atoms with Crippen LogP contribution in [0.25, 0.3) is 0 Å². The number of nitrogens with zero attached hydrogens (tertiary/aromatic N) is 1. The van der Waals surface area contributed by atoms with E-state index in [4.69, 9.17) is 0 Å². The SMILES string of the molecule is O=C(Nc1ccc(Br)cc1C(F)(F)F)c1ccncc1O. The third kappa shape index (κ3) is 3.52. The fourth-order valence-electron chi connectivity index (χ4n) is 1.63. The highest BCUT2D eigenvalue weighted by Gasteiger charge is 2.34. The Morgan fingerprint density at radius 1 is 1.29 bits per heavy atom. The van der Waals surface area contributed by atoms with E-state index in [9.17, 15) is 23.1 Å². The van der Waals surface area contributed by atoms with Crippen molar-refractivity contribution in [1.29, 1.82) is 0 Å². The number of nitrogens with one attached hydrogen (secondary N) is 1. The first kappa shape index (κ1) is 15.3. The number of anilines is 1. The van der Waals surface area contributed by atoms with Gasteiger partial charge < -0.3 is 10.4 Å². The van der Waals surface area contributed by atoms with Gasteiger partial charge in [0, 0.05) is 10.7 Å². The third-order valence-corrected chi connectivity index (χ3v) is 3.07. The molecule has 2 aromatic rings. The second-order valence-electron chi connectivity index (χ2n) is 4.03. The summed E-state index contributed by atoms with van der Waals surface area (Å²) in [5.74, 6) is -1.27. The van der Waals surface area contributed by atoms with Crippen LogP contribution in [-0.2, 0) is 6.18 Å². The maximum absolute atomic E-state index is 12.9.